The second-order valence-corrected chi connectivity index (χ2v) is 7.58. The van der Waals surface area contributed by atoms with E-state index in [4.69, 9.17) is 26.0 Å². The van der Waals surface area contributed by atoms with E-state index in [1.165, 1.54) is 0 Å². The van der Waals surface area contributed by atoms with E-state index in [0.29, 0.717) is 27.9 Å². The van der Waals surface area contributed by atoms with E-state index >= 15 is 0 Å². The first kappa shape index (κ1) is 21.7. The highest BCUT2D eigenvalue weighted by Gasteiger charge is 2.19. The fraction of sp³-hybridized carbons (Fsp3) is 0.238. The zero-order valence-corrected chi connectivity index (χ0v) is 18.0. The van der Waals surface area contributed by atoms with Gasteiger partial charge in [-0.3, -0.25) is 4.79 Å². The fourth-order valence-electron chi connectivity index (χ4n) is 2.76. The molecular weight excluding hydrogens is 424 g/mol. The van der Waals surface area contributed by atoms with Gasteiger partial charge in [-0.15, -0.1) is 10.2 Å². The molecule has 1 heterocycles. The SMILES string of the molecule is COc1ccccc1-c1nnc(SCC(=O)N(CCC#N)c2ccc(Cl)c(C)c2)o1. The van der Waals surface area contributed by atoms with Crippen molar-refractivity contribution in [3.63, 3.8) is 0 Å². The molecule has 30 heavy (non-hydrogen) atoms. The lowest BCUT2D eigenvalue weighted by atomic mass is 10.2. The van der Waals surface area contributed by atoms with Crippen molar-refractivity contribution in [1.29, 1.82) is 5.26 Å². The van der Waals surface area contributed by atoms with E-state index in [0.717, 1.165) is 17.3 Å². The van der Waals surface area contributed by atoms with Gasteiger partial charge in [0, 0.05) is 17.3 Å². The molecule has 1 aromatic heterocycles. The molecule has 0 saturated carbocycles. The third kappa shape index (κ3) is 5.12. The zero-order chi connectivity index (χ0) is 21.5. The molecule has 9 heteroatoms. The van der Waals surface area contributed by atoms with Gasteiger partial charge >= 0.3 is 0 Å². The van der Waals surface area contributed by atoms with Crippen molar-refractivity contribution in [2.45, 2.75) is 18.6 Å². The molecule has 154 valence electrons. The molecule has 1 amide bonds. The summed E-state index contributed by atoms with van der Waals surface area (Å²) in [7, 11) is 1.57. The first-order valence-corrected chi connectivity index (χ1v) is 10.4. The summed E-state index contributed by atoms with van der Waals surface area (Å²) in [4.78, 5) is 14.4. The van der Waals surface area contributed by atoms with E-state index in [1.54, 1.807) is 30.2 Å². The van der Waals surface area contributed by atoms with Crippen molar-refractivity contribution >= 4 is 35.0 Å². The van der Waals surface area contributed by atoms with Crippen LogP contribution in [0.1, 0.15) is 12.0 Å². The molecule has 7 nitrogen and oxygen atoms in total. The number of ether oxygens (including phenoxy) is 1. The van der Waals surface area contributed by atoms with Gasteiger partial charge in [0.15, 0.2) is 0 Å². The van der Waals surface area contributed by atoms with E-state index < -0.39 is 0 Å². The van der Waals surface area contributed by atoms with Gasteiger partial charge in [-0.2, -0.15) is 5.26 Å². The molecule has 3 aromatic rings. The van der Waals surface area contributed by atoms with Crippen molar-refractivity contribution in [2.24, 2.45) is 0 Å². The minimum absolute atomic E-state index is 0.0840. The molecule has 0 aliphatic carbocycles. The molecular formula is C21H19ClN4O3S. The van der Waals surface area contributed by atoms with Gasteiger partial charge in [-0.05, 0) is 42.8 Å². The number of benzene rings is 2. The Bertz CT molecular complexity index is 1080. The Labute approximate surface area is 183 Å². The number of hydrogen-bond acceptors (Lipinski definition) is 7. The van der Waals surface area contributed by atoms with Crippen LogP contribution in [0.25, 0.3) is 11.5 Å². The molecule has 0 aliphatic heterocycles. The maximum atomic E-state index is 12.8. The summed E-state index contributed by atoms with van der Waals surface area (Å²) >= 11 is 7.23. The summed E-state index contributed by atoms with van der Waals surface area (Å²) in [5.74, 6) is 0.848. The lowest BCUT2D eigenvalue weighted by Crippen LogP contribution is -2.33. The van der Waals surface area contributed by atoms with E-state index in [2.05, 4.69) is 16.3 Å². The summed E-state index contributed by atoms with van der Waals surface area (Å²) in [5.41, 5.74) is 2.23. The van der Waals surface area contributed by atoms with Gasteiger partial charge in [-0.1, -0.05) is 35.5 Å². The highest BCUT2D eigenvalue weighted by molar-refractivity contribution is 7.99. The molecule has 0 saturated heterocycles. The smallest absolute Gasteiger partial charge is 0.277 e. The fourth-order valence-corrected chi connectivity index (χ4v) is 3.51. The number of halogens is 1. The summed E-state index contributed by atoms with van der Waals surface area (Å²) < 4.78 is 11.0. The average Bonchev–Trinajstić information content (AvgIpc) is 3.23. The number of carbonyl (C=O) groups excluding carboxylic acids is 1. The average molecular weight is 443 g/mol. The zero-order valence-electron chi connectivity index (χ0n) is 16.5. The number of anilines is 1. The molecule has 3 rings (SSSR count). The second-order valence-electron chi connectivity index (χ2n) is 6.25. The van der Waals surface area contributed by atoms with Crippen LogP contribution in [0.3, 0.4) is 0 Å². The van der Waals surface area contributed by atoms with Crippen LogP contribution in [0.5, 0.6) is 5.75 Å². The molecule has 0 fully saturated rings. The van der Waals surface area contributed by atoms with Crippen LogP contribution in [-0.4, -0.2) is 35.5 Å². The van der Waals surface area contributed by atoms with Gasteiger partial charge < -0.3 is 14.1 Å². The van der Waals surface area contributed by atoms with Gasteiger partial charge in [0.25, 0.3) is 11.1 Å². The highest BCUT2D eigenvalue weighted by atomic mass is 35.5. The predicted molar refractivity (Wildman–Crippen MR) is 116 cm³/mol. The maximum absolute atomic E-state index is 12.8. The Morgan fingerprint density at radius 3 is 2.83 bits per heavy atom. The Morgan fingerprint density at radius 1 is 1.30 bits per heavy atom. The summed E-state index contributed by atoms with van der Waals surface area (Å²) in [5, 5.41) is 17.9. The molecule has 0 bridgehead atoms. The minimum Gasteiger partial charge on any atom is -0.496 e. The molecule has 0 aliphatic rings. The molecule has 0 radical (unpaired) electrons. The van der Waals surface area contributed by atoms with E-state index in [1.807, 2.05) is 31.2 Å². The lowest BCUT2D eigenvalue weighted by Gasteiger charge is -2.22. The van der Waals surface area contributed by atoms with Crippen LogP contribution in [-0.2, 0) is 4.79 Å². The van der Waals surface area contributed by atoms with E-state index in [9.17, 15) is 4.79 Å². The number of amides is 1. The minimum atomic E-state index is -0.172. The number of rotatable bonds is 8. The van der Waals surface area contributed by atoms with Crippen molar-refractivity contribution in [2.75, 3.05) is 24.3 Å². The normalized spacial score (nSPS) is 10.5. The second kappa shape index (κ2) is 10.1. The first-order chi connectivity index (χ1) is 14.5. The van der Waals surface area contributed by atoms with Crippen LogP contribution in [0.4, 0.5) is 5.69 Å². The molecule has 2 aromatic carbocycles. The first-order valence-electron chi connectivity index (χ1n) is 9.06. The topological polar surface area (TPSA) is 92.3 Å². The number of para-hydroxylation sites is 1. The van der Waals surface area contributed by atoms with Crippen molar-refractivity contribution in [1.82, 2.24) is 10.2 Å². The summed E-state index contributed by atoms with van der Waals surface area (Å²) in [6.07, 6.45) is 0.219. The monoisotopic (exact) mass is 442 g/mol. The highest BCUT2D eigenvalue weighted by Crippen LogP contribution is 2.31. The van der Waals surface area contributed by atoms with Crippen molar-refractivity contribution in [3.8, 4) is 23.3 Å². The van der Waals surface area contributed by atoms with Gasteiger partial charge in [-0.25, -0.2) is 0 Å². The van der Waals surface area contributed by atoms with Gasteiger partial charge in [0.2, 0.25) is 5.91 Å². The molecule has 0 spiro atoms. The third-order valence-corrected chi connectivity index (χ3v) is 5.49. The van der Waals surface area contributed by atoms with Crippen LogP contribution in [0.15, 0.2) is 52.1 Å². The summed E-state index contributed by atoms with van der Waals surface area (Å²) in [6, 6.07) is 14.7. The number of aryl methyl sites for hydroxylation is 1. The van der Waals surface area contributed by atoms with Crippen LogP contribution >= 0.6 is 23.4 Å². The largest absolute Gasteiger partial charge is 0.496 e. The number of methoxy groups -OCH3 is 1. The van der Waals surface area contributed by atoms with Crippen LogP contribution < -0.4 is 9.64 Å². The molecule has 0 N–H and O–H groups in total. The predicted octanol–water partition coefficient (Wildman–Crippen LogP) is 4.75. The quantitative estimate of drug-likeness (QED) is 0.465. The standard InChI is InChI=1S/C21H19ClN4O3S/c1-14-12-15(8-9-17(14)22)26(11-5-10-23)19(27)13-30-21-25-24-20(29-21)16-6-3-4-7-18(16)28-2/h3-4,6-9,12H,5,11,13H2,1-2H3. The number of hydrogen-bond donors (Lipinski definition) is 0. The third-order valence-electron chi connectivity index (χ3n) is 4.26. The number of nitriles is 1. The number of aromatic nitrogens is 2. The number of thioether (sulfide) groups is 1. The summed E-state index contributed by atoms with van der Waals surface area (Å²) in [6.45, 7) is 2.15. The van der Waals surface area contributed by atoms with Crippen molar-refractivity contribution in [3.05, 3.63) is 53.1 Å². The van der Waals surface area contributed by atoms with Gasteiger partial charge in [0.05, 0.1) is 30.9 Å². The Balaban J connectivity index is 1.72. The number of nitrogens with zero attached hydrogens (tertiary/aromatic N) is 4. The molecule has 0 atom stereocenters. The van der Waals surface area contributed by atoms with Gasteiger partial charge in [0.1, 0.15) is 5.75 Å². The van der Waals surface area contributed by atoms with Crippen LogP contribution in [0.2, 0.25) is 5.02 Å². The van der Waals surface area contributed by atoms with E-state index in [-0.39, 0.29) is 29.8 Å². The Hall–Kier alpha value is -3.02. The van der Waals surface area contributed by atoms with Crippen LogP contribution in [0, 0.1) is 18.3 Å². The lowest BCUT2D eigenvalue weighted by molar-refractivity contribution is -0.116. The van der Waals surface area contributed by atoms with Crippen molar-refractivity contribution < 1.29 is 13.9 Å². The molecule has 0 unspecified atom stereocenters. The Morgan fingerprint density at radius 2 is 2.10 bits per heavy atom. The number of carbonyl (C=O) groups is 1. The maximum Gasteiger partial charge on any atom is 0.277 e. The Kier molecular flexibility index (Phi) is 7.33.